The second-order valence-electron chi connectivity index (χ2n) is 5.97. The molecule has 2 atom stereocenters. The molecule has 1 aliphatic carbocycles. The summed E-state index contributed by atoms with van der Waals surface area (Å²) in [5, 5.41) is 4.66. The van der Waals surface area contributed by atoms with Crippen molar-refractivity contribution in [1.82, 2.24) is 15.0 Å². The summed E-state index contributed by atoms with van der Waals surface area (Å²) in [7, 11) is 0. The fourth-order valence-corrected chi connectivity index (χ4v) is 2.78. The first-order valence-electron chi connectivity index (χ1n) is 6.87. The standard InChI is InChI=1S/C14H21N5/c1-4-8-6-16-12-11(8)13(18-7-17-12)19-10-5-9(15)14(10,2)3/h6-7,9-10H,4-5,15H2,1-3H3,(H2,16,17,18,19). The average Bonchev–Trinajstić information content (AvgIpc) is 2.82. The molecule has 1 saturated carbocycles. The summed E-state index contributed by atoms with van der Waals surface area (Å²) in [5.41, 5.74) is 8.33. The fraction of sp³-hybridized carbons (Fsp3) is 0.571. The van der Waals surface area contributed by atoms with Crippen LogP contribution in [-0.4, -0.2) is 27.0 Å². The highest BCUT2D eigenvalue weighted by atomic mass is 15.1. The maximum atomic E-state index is 6.07. The van der Waals surface area contributed by atoms with E-state index in [1.807, 2.05) is 6.20 Å². The molecule has 5 nitrogen and oxygen atoms in total. The fourth-order valence-electron chi connectivity index (χ4n) is 2.78. The van der Waals surface area contributed by atoms with E-state index in [2.05, 4.69) is 41.0 Å². The molecule has 2 aromatic heterocycles. The molecule has 2 aromatic rings. The summed E-state index contributed by atoms with van der Waals surface area (Å²) in [4.78, 5) is 11.9. The second kappa shape index (κ2) is 4.20. The number of nitrogens with two attached hydrogens (primary N) is 1. The maximum Gasteiger partial charge on any atom is 0.143 e. The third-order valence-corrected chi connectivity index (χ3v) is 4.59. The van der Waals surface area contributed by atoms with Gasteiger partial charge in [0.15, 0.2) is 0 Å². The van der Waals surface area contributed by atoms with E-state index >= 15 is 0 Å². The van der Waals surface area contributed by atoms with Crippen molar-refractivity contribution in [2.24, 2.45) is 11.1 Å². The highest BCUT2D eigenvalue weighted by Gasteiger charge is 2.46. The third kappa shape index (κ3) is 1.80. The van der Waals surface area contributed by atoms with Crippen molar-refractivity contribution >= 4 is 16.9 Å². The predicted molar refractivity (Wildman–Crippen MR) is 77.1 cm³/mol. The number of hydrogen-bond donors (Lipinski definition) is 3. The Hall–Kier alpha value is -1.62. The van der Waals surface area contributed by atoms with Gasteiger partial charge in [-0.2, -0.15) is 0 Å². The Morgan fingerprint density at radius 1 is 1.47 bits per heavy atom. The van der Waals surface area contributed by atoms with E-state index in [9.17, 15) is 0 Å². The molecule has 4 N–H and O–H groups in total. The summed E-state index contributed by atoms with van der Waals surface area (Å²) in [6, 6.07) is 0.638. The number of fused-ring (bicyclic) bond motifs is 1. The highest BCUT2D eigenvalue weighted by molar-refractivity contribution is 5.90. The van der Waals surface area contributed by atoms with E-state index in [0.29, 0.717) is 6.04 Å². The van der Waals surface area contributed by atoms with Gasteiger partial charge in [-0.15, -0.1) is 0 Å². The number of rotatable bonds is 3. The molecule has 1 fully saturated rings. The van der Waals surface area contributed by atoms with Gasteiger partial charge in [-0.05, 0) is 18.4 Å². The van der Waals surface area contributed by atoms with Gasteiger partial charge < -0.3 is 16.0 Å². The molecule has 5 heteroatoms. The van der Waals surface area contributed by atoms with E-state index in [1.54, 1.807) is 6.33 Å². The van der Waals surface area contributed by atoms with Gasteiger partial charge in [0.25, 0.3) is 0 Å². The Morgan fingerprint density at radius 2 is 2.26 bits per heavy atom. The largest absolute Gasteiger partial charge is 0.366 e. The molecule has 2 unspecified atom stereocenters. The predicted octanol–water partition coefficient (Wildman–Crippen LogP) is 2.06. The van der Waals surface area contributed by atoms with Gasteiger partial charge in [-0.25, -0.2) is 9.97 Å². The lowest BCUT2D eigenvalue weighted by Crippen LogP contribution is -2.61. The molecule has 0 radical (unpaired) electrons. The first kappa shape index (κ1) is 12.4. The number of aryl methyl sites for hydroxylation is 1. The van der Waals surface area contributed by atoms with Crippen LogP contribution in [-0.2, 0) is 6.42 Å². The summed E-state index contributed by atoms with van der Waals surface area (Å²) in [5.74, 6) is 0.924. The van der Waals surface area contributed by atoms with E-state index in [1.165, 1.54) is 5.56 Å². The average molecular weight is 259 g/mol. The van der Waals surface area contributed by atoms with Crippen molar-refractivity contribution in [3.8, 4) is 0 Å². The van der Waals surface area contributed by atoms with Crippen LogP contribution in [0.4, 0.5) is 5.82 Å². The molecule has 19 heavy (non-hydrogen) atoms. The molecule has 2 heterocycles. The topological polar surface area (TPSA) is 79.6 Å². The lowest BCUT2D eigenvalue weighted by molar-refractivity contribution is 0.117. The third-order valence-electron chi connectivity index (χ3n) is 4.59. The number of nitrogens with zero attached hydrogens (tertiary/aromatic N) is 2. The van der Waals surface area contributed by atoms with Gasteiger partial charge in [-0.3, -0.25) is 0 Å². The summed E-state index contributed by atoms with van der Waals surface area (Å²) < 4.78 is 0. The minimum atomic E-state index is 0.111. The van der Waals surface area contributed by atoms with Crippen molar-refractivity contribution in [3.05, 3.63) is 18.1 Å². The molecule has 0 bridgehead atoms. The highest BCUT2D eigenvalue weighted by Crippen LogP contribution is 2.41. The number of H-pyrrole nitrogens is 1. The Labute approximate surface area is 113 Å². The van der Waals surface area contributed by atoms with Crippen LogP contribution in [0.1, 0.15) is 32.8 Å². The summed E-state index contributed by atoms with van der Waals surface area (Å²) in [6.07, 6.45) is 5.58. The van der Waals surface area contributed by atoms with E-state index in [4.69, 9.17) is 5.73 Å². The number of nitrogens with one attached hydrogen (secondary N) is 2. The smallest absolute Gasteiger partial charge is 0.143 e. The Kier molecular flexibility index (Phi) is 2.74. The lowest BCUT2D eigenvalue weighted by atomic mass is 9.63. The molecular weight excluding hydrogens is 238 g/mol. The van der Waals surface area contributed by atoms with Gasteiger partial charge in [0.1, 0.15) is 17.8 Å². The van der Waals surface area contributed by atoms with Gasteiger partial charge in [0, 0.05) is 23.7 Å². The van der Waals surface area contributed by atoms with Gasteiger partial charge in [0.2, 0.25) is 0 Å². The van der Waals surface area contributed by atoms with Crippen LogP contribution < -0.4 is 11.1 Å². The molecule has 0 amide bonds. The molecule has 0 aromatic carbocycles. The molecule has 0 aliphatic heterocycles. The summed E-state index contributed by atoms with van der Waals surface area (Å²) >= 11 is 0. The van der Waals surface area contributed by atoms with Crippen LogP contribution in [0.15, 0.2) is 12.5 Å². The minimum Gasteiger partial charge on any atom is -0.366 e. The van der Waals surface area contributed by atoms with Crippen LogP contribution in [0.2, 0.25) is 0 Å². The van der Waals surface area contributed by atoms with Crippen molar-refractivity contribution in [2.75, 3.05) is 5.32 Å². The van der Waals surface area contributed by atoms with Gasteiger partial charge in [-0.1, -0.05) is 20.8 Å². The quantitative estimate of drug-likeness (QED) is 0.788. The normalized spacial score (nSPS) is 25.3. The molecular formula is C14H21N5. The molecule has 0 saturated heterocycles. The number of aromatic nitrogens is 3. The van der Waals surface area contributed by atoms with Crippen LogP contribution >= 0.6 is 0 Å². The van der Waals surface area contributed by atoms with Crippen molar-refractivity contribution in [3.63, 3.8) is 0 Å². The zero-order valence-electron chi connectivity index (χ0n) is 11.7. The zero-order valence-corrected chi connectivity index (χ0v) is 11.7. The second-order valence-corrected chi connectivity index (χ2v) is 5.97. The molecule has 102 valence electrons. The van der Waals surface area contributed by atoms with Gasteiger partial charge in [0.05, 0.1) is 5.39 Å². The maximum absolute atomic E-state index is 6.07. The first-order valence-corrected chi connectivity index (χ1v) is 6.87. The SMILES string of the molecule is CCc1c[nH]c2ncnc(NC3CC(N)C3(C)C)c12. The van der Waals surface area contributed by atoms with Crippen LogP contribution in [0.25, 0.3) is 11.0 Å². The van der Waals surface area contributed by atoms with Crippen LogP contribution in [0.3, 0.4) is 0 Å². The molecule has 1 aliphatic rings. The minimum absolute atomic E-state index is 0.111. The Morgan fingerprint density at radius 3 is 2.89 bits per heavy atom. The zero-order chi connectivity index (χ0) is 13.6. The van der Waals surface area contributed by atoms with Crippen molar-refractivity contribution < 1.29 is 0 Å². The molecule has 3 rings (SSSR count). The van der Waals surface area contributed by atoms with Gasteiger partial charge >= 0.3 is 0 Å². The van der Waals surface area contributed by atoms with E-state index in [-0.39, 0.29) is 11.5 Å². The Bertz CT molecular complexity index is 601. The Balaban J connectivity index is 1.95. The number of aromatic amines is 1. The van der Waals surface area contributed by atoms with Crippen molar-refractivity contribution in [1.29, 1.82) is 0 Å². The first-order chi connectivity index (χ1) is 9.04. The van der Waals surface area contributed by atoms with Crippen LogP contribution in [0, 0.1) is 5.41 Å². The number of hydrogen-bond acceptors (Lipinski definition) is 4. The summed E-state index contributed by atoms with van der Waals surface area (Å²) in [6.45, 7) is 6.55. The monoisotopic (exact) mass is 259 g/mol. The molecule has 0 spiro atoms. The van der Waals surface area contributed by atoms with Crippen molar-refractivity contribution in [2.45, 2.75) is 45.7 Å². The van der Waals surface area contributed by atoms with Crippen LogP contribution in [0.5, 0.6) is 0 Å². The van der Waals surface area contributed by atoms with E-state index < -0.39 is 0 Å². The number of anilines is 1. The lowest BCUT2D eigenvalue weighted by Gasteiger charge is -2.50. The van der Waals surface area contributed by atoms with E-state index in [0.717, 1.165) is 29.7 Å².